The molecule has 0 radical (unpaired) electrons. The van der Waals surface area contributed by atoms with Crippen LogP contribution >= 0.6 is 11.6 Å². The molecule has 3 rings (SSSR count). The average molecular weight is 318 g/mol. The van der Waals surface area contributed by atoms with Crippen molar-refractivity contribution in [1.82, 2.24) is 15.1 Å². The van der Waals surface area contributed by atoms with Crippen molar-refractivity contribution in [2.75, 3.05) is 6.61 Å². The van der Waals surface area contributed by atoms with E-state index in [4.69, 9.17) is 16.7 Å². The molecule has 0 aliphatic heterocycles. The number of aliphatic hydroxyl groups excluding tert-OH is 1. The highest BCUT2D eigenvalue weighted by Crippen LogP contribution is 2.20. The van der Waals surface area contributed by atoms with E-state index in [1.165, 1.54) is 6.20 Å². The van der Waals surface area contributed by atoms with Crippen LogP contribution in [-0.4, -0.2) is 33.4 Å². The Morgan fingerprint density at radius 2 is 2.23 bits per heavy atom. The van der Waals surface area contributed by atoms with E-state index in [0.29, 0.717) is 10.6 Å². The Balaban J connectivity index is 1.70. The molecular weight excluding hydrogens is 302 g/mol. The van der Waals surface area contributed by atoms with Crippen LogP contribution in [0.25, 0.3) is 5.69 Å². The van der Waals surface area contributed by atoms with Crippen molar-refractivity contribution in [3.8, 4) is 5.69 Å². The summed E-state index contributed by atoms with van der Waals surface area (Å²) < 4.78 is 1.58. The van der Waals surface area contributed by atoms with Gasteiger partial charge >= 0.3 is 0 Å². The fraction of sp³-hybridized carbons (Fsp3) is 0.250. The van der Waals surface area contributed by atoms with Crippen molar-refractivity contribution < 1.29 is 9.90 Å². The summed E-state index contributed by atoms with van der Waals surface area (Å²) in [4.78, 5) is 12.2. The number of hydrogen-bond donors (Lipinski definition) is 2. The van der Waals surface area contributed by atoms with Crippen molar-refractivity contribution in [2.45, 2.75) is 12.5 Å². The van der Waals surface area contributed by atoms with Crippen LogP contribution in [0.3, 0.4) is 0 Å². The minimum absolute atomic E-state index is 0.0479. The topological polar surface area (TPSA) is 67.2 Å². The number of rotatable bonds is 4. The fourth-order valence-electron chi connectivity index (χ4n) is 2.48. The van der Waals surface area contributed by atoms with Crippen LogP contribution < -0.4 is 5.32 Å². The number of aliphatic hydroxyl groups is 1. The first kappa shape index (κ1) is 14.8. The lowest BCUT2D eigenvalue weighted by Crippen LogP contribution is -2.32. The van der Waals surface area contributed by atoms with Gasteiger partial charge in [0.15, 0.2) is 0 Å². The van der Waals surface area contributed by atoms with E-state index in [-0.39, 0.29) is 24.5 Å². The zero-order valence-corrected chi connectivity index (χ0v) is 12.6. The van der Waals surface area contributed by atoms with Gasteiger partial charge < -0.3 is 10.4 Å². The summed E-state index contributed by atoms with van der Waals surface area (Å²) in [5, 5.41) is 16.8. The van der Waals surface area contributed by atoms with Gasteiger partial charge in [0.1, 0.15) is 0 Å². The minimum atomic E-state index is -0.188. The standard InChI is InChI=1S/C16H16ClN3O2/c17-14-3-1-2-4-15(14)20-9-12(8-18-20)16(22)19-13-6-5-11(7-13)10-21/h1-6,8-9,11,13,21H,7,10H2,(H,19,22)/t11-,13+/m0/s1. The quantitative estimate of drug-likeness (QED) is 0.849. The number of hydrogen-bond acceptors (Lipinski definition) is 3. The van der Waals surface area contributed by atoms with Crippen molar-refractivity contribution >= 4 is 17.5 Å². The summed E-state index contributed by atoms with van der Waals surface area (Å²) in [7, 11) is 0. The molecule has 0 saturated heterocycles. The zero-order valence-electron chi connectivity index (χ0n) is 11.8. The van der Waals surface area contributed by atoms with E-state index >= 15 is 0 Å². The van der Waals surface area contributed by atoms with E-state index in [0.717, 1.165) is 12.1 Å². The average Bonchev–Trinajstić information content (AvgIpc) is 3.16. The Morgan fingerprint density at radius 1 is 1.41 bits per heavy atom. The van der Waals surface area contributed by atoms with Crippen molar-refractivity contribution in [3.05, 3.63) is 59.4 Å². The molecule has 2 N–H and O–H groups in total. The predicted octanol–water partition coefficient (Wildman–Crippen LogP) is 2.19. The molecule has 0 unspecified atom stereocenters. The van der Waals surface area contributed by atoms with Gasteiger partial charge in [-0.05, 0) is 18.6 Å². The zero-order chi connectivity index (χ0) is 15.5. The molecule has 114 valence electrons. The van der Waals surface area contributed by atoms with Gasteiger partial charge in [-0.3, -0.25) is 4.79 Å². The lowest BCUT2D eigenvalue weighted by molar-refractivity contribution is 0.0941. The highest BCUT2D eigenvalue weighted by molar-refractivity contribution is 6.32. The van der Waals surface area contributed by atoms with Crippen LogP contribution in [0.1, 0.15) is 16.8 Å². The largest absolute Gasteiger partial charge is 0.396 e. The lowest BCUT2D eigenvalue weighted by Gasteiger charge is -2.11. The Bertz CT molecular complexity index is 711. The molecule has 1 aliphatic carbocycles. The van der Waals surface area contributed by atoms with Gasteiger partial charge in [0.05, 0.1) is 22.5 Å². The van der Waals surface area contributed by atoms with E-state index < -0.39 is 0 Å². The molecule has 0 fully saturated rings. The number of nitrogens with zero attached hydrogens (tertiary/aromatic N) is 2. The van der Waals surface area contributed by atoms with Crippen molar-refractivity contribution in [1.29, 1.82) is 0 Å². The smallest absolute Gasteiger partial charge is 0.254 e. The Hall–Kier alpha value is -2.11. The van der Waals surface area contributed by atoms with Crippen LogP contribution in [0.2, 0.25) is 5.02 Å². The predicted molar refractivity (Wildman–Crippen MR) is 84.2 cm³/mol. The SMILES string of the molecule is O=C(N[C@@H]1C=C[C@H](CO)C1)c1cnn(-c2ccccc2Cl)c1. The molecule has 1 amide bonds. The molecule has 0 saturated carbocycles. The second-order valence-electron chi connectivity index (χ2n) is 5.27. The molecule has 1 aromatic heterocycles. The molecular formula is C16H16ClN3O2. The summed E-state index contributed by atoms with van der Waals surface area (Å²) >= 11 is 6.12. The molecule has 6 heteroatoms. The lowest BCUT2D eigenvalue weighted by atomic mass is 10.1. The van der Waals surface area contributed by atoms with Gasteiger partial charge in [-0.1, -0.05) is 35.9 Å². The molecule has 5 nitrogen and oxygen atoms in total. The highest BCUT2D eigenvalue weighted by atomic mass is 35.5. The number of amides is 1. The van der Waals surface area contributed by atoms with Gasteiger partial charge in [0.2, 0.25) is 0 Å². The Morgan fingerprint density at radius 3 is 2.95 bits per heavy atom. The highest BCUT2D eigenvalue weighted by Gasteiger charge is 2.21. The maximum absolute atomic E-state index is 12.2. The number of carbonyl (C=O) groups excluding carboxylic acids is 1. The Kier molecular flexibility index (Phi) is 4.27. The van der Waals surface area contributed by atoms with E-state index in [2.05, 4.69) is 10.4 Å². The van der Waals surface area contributed by atoms with E-state index in [1.54, 1.807) is 16.9 Å². The fourth-order valence-corrected chi connectivity index (χ4v) is 2.70. The molecule has 1 aromatic carbocycles. The second-order valence-corrected chi connectivity index (χ2v) is 5.68. The second kappa shape index (κ2) is 6.34. The Labute approximate surface area is 133 Å². The summed E-state index contributed by atoms with van der Waals surface area (Å²) in [5.41, 5.74) is 1.20. The summed E-state index contributed by atoms with van der Waals surface area (Å²) in [6.45, 7) is 0.104. The molecule has 1 heterocycles. The van der Waals surface area contributed by atoms with Crippen molar-refractivity contribution in [3.63, 3.8) is 0 Å². The number of nitrogens with one attached hydrogen (secondary N) is 1. The maximum atomic E-state index is 12.2. The van der Waals surface area contributed by atoms with E-state index in [1.807, 2.05) is 30.4 Å². The number of para-hydroxylation sites is 1. The van der Waals surface area contributed by atoms with Crippen LogP contribution in [0.15, 0.2) is 48.8 Å². The molecule has 2 atom stereocenters. The van der Waals surface area contributed by atoms with Crippen LogP contribution in [-0.2, 0) is 0 Å². The molecule has 2 aromatic rings. The number of halogens is 1. The summed E-state index contributed by atoms with van der Waals surface area (Å²) in [6, 6.07) is 7.26. The third-order valence-corrected chi connectivity index (χ3v) is 3.99. The van der Waals surface area contributed by atoms with Gasteiger partial charge in [0, 0.05) is 24.8 Å². The van der Waals surface area contributed by atoms with Gasteiger partial charge in [-0.25, -0.2) is 4.68 Å². The monoisotopic (exact) mass is 317 g/mol. The number of carbonyl (C=O) groups is 1. The number of aromatic nitrogens is 2. The van der Waals surface area contributed by atoms with Gasteiger partial charge in [-0.2, -0.15) is 5.10 Å². The van der Waals surface area contributed by atoms with E-state index in [9.17, 15) is 4.79 Å². The van der Waals surface area contributed by atoms with Crippen LogP contribution in [0.4, 0.5) is 0 Å². The van der Waals surface area contributed by atoms with Gasteiger partial charge in [0.25, 0.3) is 5.91 Å². The van der Waals surface area contributed by atoms with Crippen molar-refractivity contribution in [2.24, 2.45) is 5.92 Å². The third kappa shape index (κ3) is 3.05. The minimum Gasteiger partial charge on any atom is -0.396 e. The summed E-state index contributed by atoms with van der Waals surface area (Å²) in [6.07, 6.45) is 7.73. The van der Waals surface area contributed by atoms with Crippen LogP contribution in [0, 0.1) is 5.92 Å². The molecule has 1 aliphatic rings. The normalized spacial score (nSPS) is 20.3. The molecule has 0 spiro atoms. The third-order valence-electron chi connectivity index (χ3n) is 3.67. The van der Waals surface area contributed by atoms with Crippen LogP contribution in [0.5, 0.6) is 0 Å². The molecule has 0 bridgehead atoms. The maximum Gasteiger partial charge on any atom is 0.254 e. The summed E-state index contributed by atoms with van der Waals surface area (Å²) in [5.74, 6) is -0.0670. The molecule has 22 heavy (non-hydrogen) atoms. The first-order valence-corrected chi connectivity index (χ1v) is 7.45. The van der Waals surface area contributed by atoms with Gasteiger partial charge in [-0.15, -0.1) is 0 Å². The first-order valence-electron chi connectivity index (χ1n) is 7.07. The first-order chi connectivity index (χ1) is 10.7. The number of benzene rings is 1.